The summed E-state index contributed by atoms with van der Waals surface area (Å²) in [6, 6.07) is 3.89. The molecule has 0 aliphatic rings. The number of carboxylic acid groups (broad SMARTS) is 1. The molecule has 0 saturated heterocycles. The van der Waals surface area contributed by atoms with Gasteiger partial charge in [-0.1, -0.05) is 6.07 Å². The van der Waals surface area contributed by atoms with E-state index in [9.17, 15) is 18.0 Å². The molecule has 1 N–H and O–H groups in total. The molecule has 0 radical (unpaired) electrons. The van der Waals surface area contributed by atoms with Crippen LogP contribution in [0.5, 0.6) is 5.75 Å². The van der Waals surface area contributed by atoms with Crippen molar-refractivity contribution in [1.82, 2.24) is 0 Å². The van der Waals surface area contributed by atoms with Gasteiger partial charge < -0.3 is 9.84 Å². The SMILES string of the molecule is Cc1ccc(OC(F)(F)F)cc1CCC(=O)O. The minimum Gasteiger partial charge on any atom is -0.481 e. The molecule has 0 unspecified atom stereocenters. The van der Waals surface area contributed by atoms with Gasteiger partial charge >= 0.3 is 12.3 Å². The van der Waals surface area contributed by atoms with Crippen LogP contribution in [0.1, 0.15) is 17.5 Å². The quantitative estimate of drug-likeness (QED) is 0.891. The Morgan fingerprint density at radius 1 is 1.41 bits per heavy atom. The molecule has 0 spiro atoms. The maximum Gasteiger partial charge on any atom is 0.573 e. The first kappa shape index (κ1) is 13.3. The molecule has 1 aromatic carbocycles. The molecule has 0 saturated carbocycles. The molecule has 0 aromatic heterocycles. The standard InChI is InChI=1S/C11H11F3O3/c1-7-2-4-9(17-11(12,13)14)6-8(7)3-5-10(15)16/h2,4,6H,3,5H2,1H3,(H,15,16). The zero-order valence-corrected chi connectivity index (χ0v) is 9.04. The number of aliphatic carboxylic acids is 1. The summed E-state index contributed by atoms with van der Waals surface area (Å²) in [5.74, 6) is -1.32. The fourth-order valence-corrected chi connectivity index (χ4v) is 1.36. The molecular formula is C11H11F3O3. The van der Waals surface area contributed by atoms with Gasteiger partial charge in [0.05, 0.1) is 0 Å². The Labute approximate surface area is 95.8 Å². The van der Waals surface area contributed by atoms with Gasteiger partial charge in [0.15, 0.2) is 0 Å². The van der Waals surface area contributed by atoms with Crippen molar-refractivity contribution < 1.29 is 27.8 Å². The summed E-state index contributed by atoms with van der Waals surface area (Å²) in [4.78, 5) is 10.4. The van der Waals surface area contributed by atoms with Crippen molar-refractivity contribution in [3.63, 3.8) is 0 Å². The van der Waals surface area contributed by atoms with Crippen LogP contribution in [0.2, 0.25) is 0 Å². The molecule has 6 heteroatoms. The van der Waals surface area contributed by atoms with E-state index in [0.717, 1.165) is 5.56 Å². The van der Waals surface area contributed by atoms with Crippen LogP contribution in [0.3, 0.4) is 0 Å². The lowest BCUT2D eigenvalue weighted by Gasteiger charge is -2.11. The minimum atomic E-state index is -4.74. The molecule has 3 nitrogen and oxygen atoms in total. The number of hydrogen-bond donors (Lipinski definition) is 1. The number of hydrogen-bond acceptors (Lipinski definition) is 2. The first-order chi connectivity index (χ1) is 7.78. The summed E-state index contributed by atoms with van der Waals surface area (Å²) >= 11 is 0. The molecule has 1 rings (SSSR count). The van der Waals surface area contributed by atoms with Gasteiger partial charge in [-0.05, 0) is 36.6 Å². The highest BCUT2D eigenvalue weighted by atomic mass is 19.4. The fourth-order valence-electron chi connectivity index (χ4n) is 1.36. The van der Waals surface area contributed by atoms with E-state index in [2.05, 4.69) is 4.74 Å². The Hall–Kier alpha value is -1.72. The Morgan fingerprint density at radius 2 is 2.06 bits per heavy atom. The largest absolute Gasteiger partial charge is 0.573 e. The Morgan fingerprint density at radius 3 is 2.59 bits per heavy atom. The van der Waals surface area contributed by atoms with Crippen molar-refractivity contribution in [3.8, 4) is 5.75 Å². The van der Waals surface area contributed by atoms with Crippen LogP contribution < -0.4 is 4.74 Å². The van der Waals surface area contributed by atoms with Gasteiger partial charge in [0.2, 0.25) is 0 Å². The number of aryl methyl sites for hydroxylation is 2. The summed E-state index contributed by atoms with van der Waals surface area (Å²) in [5, 5.41) is 8.51. The van der Waals surface area contributed by atoms with Gasteiger partial charge in [-0.2, -0.15) is 0 Å². The number of carbonyl (C=O) groups is 1. The second kappa shape index (κ2) is 5.07. The second-order valence-corrected chi connectivity index (χ2v) is 3.53. The Bertz CT molecular complexity index is 413. The van der Waals surface area contributed by atoms with Crippen LogP contribution in [-0.4, -0.2) is 17.4 Å². The molecule has 94 valence electrons. The monoisotopic (exact) mass is 248 g/mol. The molecule has 1 aromatic rings. The second-order valence-electron chi connectivity index (χ2n) is 3.53. The van der Waals surface area contributed by atoms with Crippen molar-refractivity contribution in [2.75, 3.05) is 0 Å². The number of rotatable bonds is 4. The van der Waals surface area contributed by atoms with Gasteiger partial charge in [-0.15, -0.1) is 13.2 Å². The zero-order valence-electron chi connectivity index (χ0n) is 9.04. The molecule has 17 heavy (non-hydrogen) atoms. The smallest absolute Gasteiger partial charge is 0.481 e. The van der Waals surface area contributed by atoms with Crippen molar-refractivity contribution in [3.05, 3.63) is 29.3 Å². The Kier molecular flexibility index (Phi) is 3.98. The van der Waals surface area contributed by atoms with E-state index in [1.54, 1.807) is 6.92 Å². The first-order valence-electron chi connectivity index (χ1n) is 4.85. The van der Waals surface area contributed by atoms with Crippen molar-refractivity contribution in [2.24, 2.45) is 0 Å². The average molecular weight is 248 g/mol. The van der Waals surface area contributed by atoms with Crippen molar-refractivity contribution in [1.29, 1.82) is 0 Å². The molecule has 0 heterocycles. The van der Waals surface area contributed by atoms with Gasteiger partial charge in [0.25, 0.3) is 0 Å². The zero-order chi connectivity index (χ0) is 13.1. The highest BCUT2D eigenvalue weighted by Crippen LogP contribution is 2.25. The molecule has 0 aliphatic carbocycles. The first-order valence-corrected chi connectivity index (χ1v) is 4.85. The number of ether oxygens (including phenoxy) is 1. The van der Waals surface area contributed by atoms with Crippen LogP contribution in [0, 0.1) is 6.92 Å². The number of halogens is 3. The lowest BCUT2D eigenvalue weighted by atomic mass is 10.0. The summed E-state index contributed by atoms with van der Waals surface area (Å²) < 4.78 is 39.7. The lowest BCUT2D eigenvalue weighted by Crippen LogP contribution is -2.17. The summed E-state index contributed by atoms with van der Waals surface area (Å²) in [7, 11) is 0. The summed E-state index contributed by atoms with van der Waals surface area (Å²) in [6.45, 7) is 1.70. The third-order valence-corrected chi connectivity index (χ3v) is 2.16. The van der Waals surface area contributed by atoms with E-state index >= 15 is 0 Å². The topological polar surface area (TPSA) is 46.5 Å². The number of carboxylic acids is 1. The van der Waals surface area contributed by atoms with Crippen molar-refractivity contribution in [2.45, 2.75) is 26.1 Å². The summed E-state index contributed by atoms with van der Waals surface area (Å²) in [5.41, 5.74) is 1.27. The lowest BCUT2D eigenvalue weighted by molar-refractivity contribution is -0.274. The Balaban J connectivity index is 2.83. The third kappa shape index (κ3) is 4.76. The number of alkyl halides is 3. The molecule has 0 bridgehead atoms. The minimum absolute atomic E-state index is 0.129. The van der Waals surface area contributed by atoms with Gasteiger partial charge in [0, 0.05) is 6.42 Å². The highest BCUT2D eigenvalue weighted by Gasteiger charge is 2.31. The predicted octanol–water partition coefficient (Wildman–Crippen LogP) is 2.91. The maximum absolute atomic E-state index is 12.0. The van der Waals surface area contributed by atoms with Gasteiger partial charge in [0.1, 0.15) is 5.75 Å². The molecule has 0 atom stereocenters. The van der Waals surface area contributed by atoms with Crippen LogP contribution in [-0.2, 0) is 11.2 Å². The van der Waals surface area contributed by atoms with E-state index in [-0.39, 0.29) is 18.6 Å². The molecule has 0 aliphatic heterocycles. The predicted molar refractivity (Wildman–Crippen MR) is 53.8 cm³/mol. The van der Waals surface area contributed by atoms with Gasteiger partial charge in [-0.25, -0.2) is 0 Å². The molecule has 0 fully saturated rings. The van der Waals surface area contributed by atoms with Crippen LogP contribution in [0.4, 0.5) is 13.2 Å². The highest BCUT2D eigenvalue weighted by molar-refractivity contribution is 5.67. The van der Waals surface area contributed by atoms with Gasteiger partial charge in [-0.3, -0.25) is 4.79 Å². The van der Waals surface area contributed by atoms with Crippen LogP contribution in [0.25, 0.3) is 0 Å². The van der Waals surface area contributed by atoms with E-state index in [4.69, 9.17) is 5.11 Å². The number of benzene rings is 1. The van der Waals surface area contributed by atoms with E-state index in [0.29, 0.717) is 5.56 Å². The third-order valence-electron chi connectivity index (χ3n) is 2.16. The van der Waals surface area contributed by atoms with E-state index < -0.39 is 12.3 Å². The normalized spacial score (nSPS) is 11.3. The van der Waals surface area contributed by atoms with Crippen molar-refractivity contribution >= 4 is 5.97 Å². The maximum atomic E-state index is 12.0. The molecule has 0 amide bonds. The van der Waals surface area contributed by atoms with Crippen LogP contribution in [0.15, 0.2) is 18.2 Å². The van der Waals surface area contributed by atoms with E-state index in [1.165, 1.54) is 18.2 Å². The fraction of sp³-hybridized carbons (Fsp3) is 0.364. The van der Waals surface area contributed by atoms with E-state index in [1.807, 2.05) is 0 Å². The molecular weight excluding hydrogens is 237 g/mol. The summed E-state index contributed by atoms with van der Waals surface area (Å²) in [6.07, 6.45) is -4.69. The van der Waals surface area contributed by atoms with Crippen LogP contribution >= 0.6 is 0 Å². The average Bonchev–Trinajstić information content (AvgIpc) is 2.16.